The molecule has 2 heterocycles. The zero-order valence-electron chi connectivity index (χ0n) is 5.33. The van der Waals surface area contributed by atoms with Gasteiger partial charge < -0.3 is 10.1 Å². The van der Waals surface area contributed by atoms with E-state index in [0.717, 1.165) is 5.70 Å². The summed E-state index contributed by atoms with van der Waals surface area (Å²) in [5.41, 5.74) is 0.882. The van der Waals surface area contributed by atoms with Crippen LogP contribution in [0, 0.1) is 0 Å². The number of amides is 1. The molecular formula is C7H7NO2. The summed E-state index contributed by atoms with van der Waals surface area (Å²) in [6.07, 6.45) is 5.65. The van der Waals surface area contributed by atoms with Crippen LogP contribution >= 0.6 is 0 Å². The van der Waals surface area contributed by atoms with Crippen LogP contribution < -0.4 is 5.32 Å². The van der Waals surface area contributed by atoms with E-state index in [9.17, 15) is 4.79 Å². The lowest BCUT2D eigenvalue weighted by Crippen LogP contribution is -2.15. The van der Waals surface area contributed by atoms with Crippen molar-refractivity contribution in [1.82, 2.24) is 5.32 Å². The molecule has 0 radical (unpaired) electrons. The lowest BCUT2D eigenvalue weighted by Gasteiger charge is -2.12. The van der Waals surface area contributed by atoms with Gasteiger partial charge >= 0.3 is 0 Å². The zero-order chi connectivity index (χ0) is 6.97. The van der Waals surface area contributed by atoms with Gasteiger partial charge in [-0.15, -0.1) is 0 Å². The minimum atomic E-state index is -0.0440. The molecule has 3 heteroatoms. The van der Waals surface area contributed by atoms with Gasteiger partial charge in [0.2, 0.25) is 5.91 Å². The van der Waals surface area contributed by atoms with Crippen LogP contribution in [0.4, 0.5) is 0 Å². The highest BCUT2D eigenvalue weighted by atomic mass is 16.5. The molecule has 0 saturated carbocycles. The number of hydrogen-bond donors (Lipinski definition) is 1. The molecule has 52 valence electrons. The number of hydrogen-bond acceptors (Lipinski definition) is 2. The third-order valence-electron chi connectivity index (χ3n) is 1.60. The molecule has 10 heavy (non-hydrogen) atoms. The van der Waals surface area contributed by atoms with Gasteiger partial charge in [0.25, 0.3) is 0 Å². The van der Waals surface area contributed by atoms with Crippen LogP contribution in [-0.4, -0.2) is 12.0 Å². The molecule has 0 aromatic rings. The number of ether oxygens (including phenoxy) is 1. The monoisotopic (exact) mass is 137 g/mol. The summed E-state index contributed by atoms with van der Waals surface area (Å²) in [4.78, 5) is 10.7. The number of rotatable bonds is 0. The summed E-state index contributed by atoms with van der Waals surface area (Å²) in [5.74, 6) is 0.0416. The lowest BCUT2D eigenvalue weighted by molar-refractivity contribution is -0.119. The van der Waals surface area contributed by atoms with Crippen molar-refractivity contribution in [3.8, 4) is 0 Å². The zero-order valence-corrected chi connectivity index (χ0v) is 5.33. The highest BCUT2D eigenvalue weighted by Crippen LogP contribution is 2.18. The first-order chi connectivity index (χ1) is 4.86. The Hall–Kier alpha value is -1.25. The topological polar surface area (TPSA) is 38.3 Å². The van der Waals surface area contributed by atoms with Crippen LogP contribution in [0.25, 0.3) is 0 Å². The molecule has 0 aromatic carbocycles. The van der Waals surface area contributed by atoms with Gasteiger partial charge in [-0.25, -0.2) is 0 Å². The van der Waals surface area contributed by atoms with Crippen LogP contribution in [-0.2, 0) is 9.53 Å². The largest absolute Gasteiger partial charge is 0.491 e. The van der Waals surface area contributed by atoms with E-state index in [1.54, 1.807) is 12.3 Å². The highest BCUT2D eigenvalue weighted by Gasteiger charge is 2.28. The molecule has 1 amide bonds. The van der Waals surface area contributed by atoms with Crippen molar-refractivity contribution in [3.63, 3.8) is 0 Å². The summed E-state index contributed by atoms with van der Waals surface area (Å²) in [7, 11) is 0. The molecular weight excluding hydrogens is 130 g/mol. The Bertz CT molecular complexity index is 230. The molecule has 1 N–H and O–H groups in total. The van der Waals surface area contributed by atoms with E-state index in [4.69, 9.17) is 4.74 Å². The second kappa shape index (κ2) is 1.87. The van der Waals surface area contributed by atoms with Gasteiger partial charge in [-0.3, -0.25) is 4.79 Å². The molecule has 2 rings (SSSR count). The first-order valence-electron chi connectivity index (χ1n) is 3.18. The fourth-order valence-electron chi connectivity index (χ4n) is 1.12. The van der Waals surface area contributed by atoms with Crippen LogP contribution in [0.5, 0.6) is 0 Å². The van der Waals surface area contributed by atoms with Crippen LogP contribution in [0.3, 0.4) is 0 Å². The minimum Gasteiger partial charge on any atom is -0.491 e. The summed E-state index contributed by atoms with van der Waals surface area (Å²) in [6, 6.07) is 0. The van der Waals surface area contributed by atoms with Gasteiger partial charge in [-0.1, -0.05) is 0 Å². The molecule has 1 unspecified atom stereocenters. The van der Waals surface area contributed by atoms with Crippen LogP contribution in [0.2, 0.25) is 0 Å². The maximum atomic E-state index is 10.7. The third kappa shape index (κ3) is 0.708. The molecule has 1 saturated heterocycles. The van der Waals surface area contributed by atoms with Crippen molar-refractivity contribution in [3.05, 3.63) is 24.1 Å². The second-order valence-corrected chi connectivity index (χ2v) is 2.33. The standard InChI is InChI=1S/C7H7NO2/c9-7-4-6-5(8-7)2-1-3-10-6/h1-3,6H,4H2,(H,8,9). The molecule has 0 bridgehead atoms. The fraction of sp³-hybridized carbons (Fsp3) is 0.286. The first kappa shape index (κ1) is 5.53. The molecule has 0 spiro atoms. The minimum absolute atomic E-state index is 0.0416. The number of nitrogens with one attached hydrogen (secondary N) is 1. The van der Waals surface area contributed by atoms with Crippen LogP contribution in [0.1, 0.15) is 6.42 Å². The summed E-state index contributed by atoms with van der Waals surface area (Å²) in [5, 5.41) is 2.70. The van der Waals surface area contributed by atoms with Crippen molar-refractivity contribution in [2.45, 2.75) is 12.5 Å². The Morgan fingerprint density at radius 1 is 1.70 bits per heavy atom. The van der Waals surface area contributed by atoms with E-state index in [2.05, 4.69) is 5.32 Å². The van der Waals surface area contributed by atoms with Gasteiger partial charge in [-0.05, 0) is 12.2 Å². The normalized spacial score (nSPS) is 28.6. The average Bonchev–Trinajstić information content (AvgIpc) is 2.27. The average molecular weight is 137 g/mol. The molecule has 2 aliphatic rings. The molecule has 3 nitrogen and oxygen atoms in total. The van der Waals surface area contributed by atoms with Crippen molar-refractivity contribution in [2.24, 2.45) is 0 Å². The van der Waals surface area contributed by atoms with Crippen molar-refractivity contribution < 1.29 is 9.53 Å². The number of allylic oxidation sites excluding steroid dienone is 2. The van der Waals surface area contributed by atoms with E-state index >= 15 is 0 Å². The van der Waals surface area contributed by atoms with E-state index in [1.165, 1.54) is 0 Å². The molecule has 1 fully saturated rings. The number of fused-ring (bicyclic) bond motifs is 1. The van der Waals surface area contributed by atoms with Gasteiger partial charge in [0.1, 0.15) is 6.10 Å². The van der Waals surface area contributed by atoms with E-state index in [-0.39, 0.29) is 12.0 Å². The predicted molar refractivity (Wildman–Crippen MR) is 34.9 cm³/mol. The van der Waals surface area contributed by atoms with Gasteiger partial charge in [0, 0.05) is 0 Å². The summed E-state index contributed by atoms with van der Waals surface area (Å²) in [6.45, 7) is 0. The maximum Gasteiger partial charge on any atom is 0.228 e. The summed E-state index contributed by atoms with van der Waals surface area (Å²) >= 11 is 0. The quantitative estimate of drug-likeness (QED) is 0.521. The number of carbonyl (C=O) groups is 1. The molecule has 0 aromatic heterocycles. The Labute approximate surface area is 58.4 Å². The third-order valence-corrected chi connectivity index (χ3v) is 1.60. The van der Waals surface area contributed by atoms with Crippen molar-refractivity contribution in [1.29, 1.82) is 0 Å². The van der Waals surface area contributed by atoms with Crippen molar-refractivity contribution in [2.75, 3.05) is 0 Å². The highest BCUT2D eigenvalue weighted by molar-refractivity contribution is 5.82. The Morgan fingerprint density at radius 2 is 2.60 bits per heavy atom. The van der Waals surface area contributed by atoms with Gasteiger partial charge in [0.15, 0.2) is 0 Å². The van der Waals surface area contributed by atoms with Gasteiger partial charge in [0.05, 0.1) is 18.4 Å². The SMILES string of the molecule is O=C1CC2OC=CC=C2N1. The Balaban J connectivity index is 2.26. The van der Waals surface area contributed by atoms with Crippen LogP contribution in [0.15, 0.2) is 24.1 Å². The van der Waals surface area contributed by atoms with E-state index in [1.807, 2.05) is 6.08 Å². The number of carbonyl (C=O) groups excluding carboxylic acids is 1. The van der Waals surface area contributed by atoms with E-state index < -0.39 is 0 Å². The summed E-state index contributed by atoms with van der Waals surface area (Å²) < 4.78 is 5.14. The predicted octanol–water partition coefficient (Wildman–Crippen LogP) is 0.303. The first-order valence-corrected chi connectivity index (χ1v) is 3.18. The lowest BCUT2D eigenvalue weighted by atomic mass is 10.2. The van der Waals surface area contributed by atoms with E-state index in [0.29, 0.717) is 6.42 Å². The second-order valence-electron chi connectivity index (χ2n) is 2.33. The smallest absolute Gasteiger partial charge is 0.228 e. The molecule has 1 atom stereocenters. The maximum absolute atomic E-state index is 10.7. The Morgan fingerprint density at radius 3 is 3.40 bits per heavy atom. The van der Waals surface area contributed by atoms with Gasteiger partial charge in [-0.2, -0.15) is 0 Å². The Kier molecular flexibility index (Phi) is 1.03. The van der Waals surface area contributed by atoms with Crippen molar-refractivity contribution >= 4 is 5.91 Å². The molecule has 2 aliphatic heterocycles. The molecule has 0 aliphatic carbocycles. The fourth-order valence-corrected chi connectivity index (χ4v) is 1.12.